The second kappa shape index (κ2) is 6.85. The summed E-state index contributed by atoms with van der Waals surface area (Å²) in [6.07, 6.45) is 1.62. The van der Waals surface area contributed by atoms with Crippen LogP contribution in [-0.4, -0.2) is 28.4 Å². The number of oxazole rings is 1. The number of hydrogen-bond acceptors (Lipinski definition) is 6. The average molecular weight is 293 g/mol. The van der Waals surface area contributed by atoms with Crippen LogP contribution >= 0.6 is 11.8 Å². The van der Waals surface area contributed by atoms with E-state index in [2.05, 4.69) is 10.1 Å². The smallest absolute Gasteiger partial charge is 0.255 e. The fraction of sp³-hybridized carbons (Fsp3) is 0.231. The Hall–Kier alpha value is -2.15. The summed E-state index contributed by atoms with van der Waals surface area (Å²) in [6, 6.07) is 7.00. The van der Waals surface area contributed by atoms with E-state index in [-0.39, 0.29) is 5.84 Å². The lowest BCUT2D eigenvalue weighted by Gasteiger charge is -2.05. The van der Waals surface area contributed by atoms with E-state index in [0.717, 1.165) is 17.2 Å². The molecule has 2 rings (SSSR count). The van der Waals surface area contributed by atoms with E-state index in [1.807, 2.05) is 6.92 Å². The zero-order chi connectivity index (χ0) is 14.4. The van der Waals surface area contributed by atoms with Crippen molar-refractivity contribution in [3.05, 3.63) is 41.8 Å². The van der Waals surface area contributed by atoms with Gasteiger partial charge in [-0.15, -0.1) is 0 Å². The summed E-state index contributed by atoms with van der Waals surface area (Å²) < 4.78 is 10.8. The van der Waals surface area contributed by atoms with Crippen LogP contribution in [0, 0.1) is 6.92 Å². The van der Waals surface area contributed by atoms with Gasteiger partial charge >= 0.3 is 0 Å². The average Bonchev–Trinajstić information content (AvgIpc) is 2.89. The van der Waals surface area contributed by atoms with Gasteiger partial charge in [-0.1, -0.05) is 16.9 Å². The molecule has 3 N–H and O–H groups in total. The Bertz CT molecular complexity index is 581. The molecular weight excluding hydrogens is 278 g/mol. The van der Waals surface area contributed by atoms with Gasteiger partial charge in [-0.3, -0.25) is 0 Å². The molecule has 0 aliphatic heterocycles. The first kappa shape index (κ1) is 14.3. The quantitative estimate of drug-likeness (QED) is 0.212. The van der Waals surface area contributed by atoms with Gasteiger partial charge in [0, 0.05) is 11.3 Å². The van der Waals surface area contributed by atoms with Crippen LogP contribution in [-0.2, 0) is 0 Å². The molecule has 0 saturated heterocycles. The van der Waals surface area contributed by atoms with E-state index < -0.39 is 0 Å². The highest BCUT2D eigenvalue weighted by Gasteiger charge is 2.02. The van der Waals surface area contributed by atoms with Gasteiger partial charge in [-0.2, -0.15) is 0 Å². The number of oxime groups is 1. The summed E-state index contributed by atoms with van der Waals surface area (Å²) in [6.45, 7) is 2.42. The molecule has 0 amide bonds. The van der Waals surface area contributed by atoms with Crippen molar-refractivity contribution >= 4 is 17.6 Å². The lowest BCUT2D eigenvalue weighted by atomic mass is 10.2. The van der Waals surface area contributed by atoms with Crippen molar-refractivity contribution in [2.24, 2.45) is 10.9 Å². The third-order valence-electron chi connectivity index (χ3n) is 2.43. The van der Waals surface area contributed by atoms with E-state index >= 15 is 0 Å². The first-order valence-electron chi connectivity index (χ1n) is 5.94. The normalized spacial score (nSPS) is 11.6. The van der Waals surface area contributed by atoms with E-state index in [9.17, 15) is 0 Å². The van der Waals surface area contributed by atoms with Crippen LogP contribution < -0.4 is 10.5 Å². The van der Waals surface area contributed by atoms with E-state index in [1.165, 1.54) is 11.8 Å². The Morgan fingerprint density at radius 1 is 1.45 bits per heavy atom. The Morgan fingerprint density at radius 3 is 2.80 bits per heavy atom. The lowest BCUT2D eigenvalue weighted by molar-refractivity contribution is 0.318. The van der Waals surface area contributed by atoms with Gasteiger partial charge in [-0.25, -0.2) is 4.98 Å². The predicted octanol–water partition coefficient (Wildman–Crippen LogP) is 2.25. The third kappa shape index (κ3) is 3.92. The molecule has 1 aromatic carbocycles. The molecule has 0 radical (unpaired) electrons. The minimum atomic E-state index is 0.0753. The standard InChI is InChI=1S/C13H15N3O3S/c1-9-8-19-13(15-9)20-7-6-18-11-4-2-10(3-5-11)12(14)16-17/h2-5,8,17H,6-7H2,1H3,(H2,14,16). The topological polar surface area (TPSA) is 93.9 Å². The molecule has 0 bridgehead atoms. The summed E-state index contributed by atoms with van der Waals surface area (Å²) in [5.74, 6) is 1.54. The van der Waals surface area contributed by atoms with Crippen molar-refractivity contribution in [1.82, 2.24) is 4.98 Å². The van der Waals surface area contributed by atoms with Crippen LogP contribution in [0.2, 0.25) is 0 Å². The van der Waals surface area contributed by atoms with Crippen molar-refractivity contribution in [1.29, 1.82) is 0 Å². The number of amidine groups is 1. The van der Waals surface area contributed by atoms with Crippen molar-refractivity contribution < 1.29 is 14.4 Å². The maximum atomic E-state index is 8.55. The molecule has 0 fully saturated rings. The number of hydrogen-bond donors (Lipinski definition) is 2. The van der Waals surface area contributed by atoms with E-state index in [1.54, 1.807) is 30.5 Å². The van der Waals surface area contributed by atoms with Gasteiger partial charge in [0.15, 0.2) is 5.84 Å². The molecule has 1 aromatic heterocycles. The maximum Gasteiger partial charge on any atom is 0.255 e. The number of nitrogens with two attached hydrogens (primary N) is 1. The molecule has 0 spiro atoms. The Labute approximate surface area is 120 Å². The number of ether oxygens (including phenoxy) is 1. The van der Waals surface area contributed by atoms with Gasteiger partial charge in [0.25, 0.3) is 5.22 Å². The lowest BCUT2D eigenvalue weighted by Crippen LogP contribution is -2.12. The molecule has 0 aliphatic carbocycles. The third-order valence-corrected chi connectivity index (χ3v) is 3.24. The van der Waals surface area contributed by atoms with Crippen LogP contribution in [0.4, 0.5) is 0 Å². The Morgan fingerprint density at radius 2 is 2.20 bits per heavy atom. The monoisotopic (exact) mass is 293 g/mol. The number of nitrogens with zero attached hydrogens (tertiary/aromatic N) is 2. The molecular formula is C13H15N3O3S. The van der Waals surface area contributed by atoms with Crippen molar-refractivity contribution in [3.8, 4) is 5.75 Å². The molecule has 0 aliphatic rings. The van der Waals surface area contributed by atoms with Crippen molar-refractivity contribution in [2.45, 2.75) is 12.1 Å². The second-order valence-corrected chi connectivity index (χ2v) is 5.01. The summed E-state index contributed by atoms with van der Waals surface area (Å²) >= 11 is 1.50. The molecule has 0 saturated carbocycles. The summed E-state index contributed by atoms with van der Waals surface area (Å²) in [5.41, 5.74) is 6.98. The van der Waals surface area contributed by atoms with Crippen molar-refractivity contribution in [2.75, 3.05) is 12.4 Å². The van der Waals surface area contributed by atoms with Crippen LogP contribution in [0.3, 0.4) is 0 Å². The molecule has 20 heavy (non-hydrogen) atoms. The predicted molar refractivity (Wildman–Crippen MR) is 76.4 cm³/mol. The second-order valence-electron chi connectivity index (χ2n) is 3.96. The number of rotatable bonds is 6. The summed E-state index contributed by atoms with van der Waals surface area (Å²) in [4.78, 5) is 4.19. The number of aryl methyl sites for hydroxylation is 1. The highest BCUT2D eigenvalue weighted by atomic mass is 32.2. The summed E-state index contributed by atoms with van der Waals surface area (Å²) in [5, 5.41) is 12.1. The number of aromatic nitrogens is 1. The fourth-order valence-electron chi connectivity index (χ4n) is 1.47. The van der Waals surface area contributed by atoms with E-state index in [4.69, 9.17) is 20.1 Å². The minimum Gasteiger partial charge on any atom is -0.493 e. The van der Waals surface area contributed by atoms with Gasteiger partial charge in [0.2, 0.25) is 0 Å². The molecule has 106 valence electrons. The minimum absolute atomic E-state index is 0.0753. The SMILES string of the molecule is Cc1coc(SCCOc2ccc(/C(N)=N/O)cc2)n1. The Balaban J connectivity index is 1.77. The van der Waals surface area contributed by atoms with E-state index in [0.29, 0.717) is 17.4 Å². The Kier molecular flexibility index (Phi) is 4.89. The largest absolute Gasteiger partial charge is 0.493 e. The van der Waals surface area contributed by atoms with Crippen LogP contribution in [0.25, 0.3) is 0 Å². The van der Waals surface area contributed by atoms with Gasteiger partial charge in [0.1, 0.15) is 12.0 Å². The molecule has 2 aromatic rings. The highest BCUT2D eigenvalue weighted by Crippen LogP contribution is 2.17. The number of thioether (sulfide) groups is 1. The number of benzene rings is 1. The summed E-state index contributed by atoms with van der Waals surface area (Å²) in [7, 11) is 0. The van der Waals surface area contributed by atoms with Gasteiger partial charge < -0.3 is 20.1 Å². The maximum absolute atomic E-state index is 8.55. The molecule has 0 atom stereocenters. The molecule has 6 nitrogen and oxygen atoms in total. The molecule has 7 heteroatoms. The van der Waals surface area contributed by atoms with Crippen LogP contribution in [0.1, 0.15) is 11.3 Å². The molecule has 0 unspecified atom stereocenters. The molecule has 1 heterocycles. The highest BCUT2D eigenvalue weighted by molar-refractivity contribution is 7.99. The van der Waals surface area contributed by atoms with Crippen LogP contribution in [0.15, 0.2) is 45.3 Å². The van der Waals surface area contributed by atoms with Crippen LogP contribution in [0.5, 0.6) is 5.75 Å². The zero-order valence-corrected chi connectivity index (χ0v) is 11.8. The van der Waals surface area contributed by atoms with Gasteiger partial charge in [-0.05, 0) is 31.2 Å². The van der Waals surface area contributed by atoms with Crippen molar-refractivity contribution in [3.63, 3.8) is 0 Å². The first-order chi connectivity index (χ1) is 9.69. The van der Waals surface area contributed by atoms with Gasteiger partial charge in [0.05, 0.1) is 12.3 Å². The first-order valence-corrected chi connectivity index (χ1v) is 6.93. The zero-order valence-electron chi connectivity index (χ0n) is 10.9. The fourth-order valence-corrected chi connectivity index (χ4v) is 2.13.